The van der Waals surface area contributed by atoms with Gasteiger partial charge < -0.3 is 14.0 Å². The second-order valence-corrected chi connectivity index (χ2v) is 7.50. The van der Waals surface area contributed by atoms with Crippen molar-refractivity contribution in [2.75, 3.05) is 20.8 Å². The standard InChI is InChI=1S/C23H27N3O5/c1-15-13-19(16(2)26(15)12-11-17-5-7-18(30-4)8-6-17)21(27)14-31-23(29)20-9-10-22(28)25(3)24-20/h5-8,13H,9-12,14H2,1-4H3. The number of nitrogens with zero attached hydrogens (tertiary/aromatic N) is 3. The Morgan fingerprint density at radius 2 is 1.84 bits per heavy atom. The third-order valence-electron chi connectivity index (χ3n) is 5.43. The van der Waals surface area contributed by atoms with Crippen molar-refractivity contribution in [1.82, 2.24) is 9.58 Å². The van der Waals surface area contributed by atoms with E-state index in [4.69, 9.17) is 9.47 Å². The Morgan fingerprint density at radius 1 is 1.13 bits per heavy atom. The van der Waals surface area contributed by atoms with Crippen LogP contribution in [0.25, 0.3) is 0 Å². The Hall–Kier alpha value is -3.42. The van der Waals surface area contributed by atoms with Crippen molar-refractivity contribution >= 4 is 23.4 Å². The number of carbonyl (C=O) groups is 3. The van der Waals surface area contributed by atoms with Crippen molar-refractivity contribution in [2.45, 2.75) is 39.7 Å². The van der Waals surface area contributed by atoms with Crippen LogP contribution in [0.2, 0.25) is 0 Å². The highest BCUT2D eigenvalue weighted by Gasteiger charge is 2.24. The molecule has 0 fully saturated rings. The van der Waals surface area contributed by atoms with E-state index in [1.54, 1.807) is 7.11 Å². The van der Waals surface area contributed by atoms with E-state index in [1.165, 1.54) is 12.6 Å². The maximum absolute atomic E-state index is 12.7. The summed E-state index contributed by atoms with van der Waals surface area (Å²) in [5.41, 5.74) is 3.68. The fourth-order valence-corrected chi connectivity index (χ4v) is 3.57. The number of benzene rings is 1. The number of aromatic nitrogens is 1. The van der Waals surface area contributed by atoms with Crippen LogP contribution in [-0.4, -0.2) is 53.7 Å². The first kappa shape index (κ1) is 22.3. The van der Waals surface area contributed by atoms with Gasteiger partial charge in [-0.15, -0.1) is 0 Å². The molecule has 0 spiro atoms. The van der Waals surface area contributed by atoms with Gasteiger partial charge in [0.2, 0.25) is 11.7 Å². The van der Waals surface area contributed by atoms with Crippen molar-refractivity contribution in [3.63, 3.8) is 0 Å². The fraction of sp³-hybridized carbons (Fsp3) is 0.391. The van der Waals surface area contributed by atoms with E-state index >= 15 is 0 Å². The summed E-state index contributed by atoms with van der Waals surface area (Å²) in [6.07, 6.45) is 1.23. The van der Waals surface area contributed by atoms with Crippen LogP contribution in [0, 0.1) is 13.8 Å². The lowest BCUT2D eigenvalue weighted by Gasteiger charge is -2.18. The summed E-state index contributed by atoms with van der Waals surface area (Å²) in [4.78, 5) is 36.3. The number of Topliss-reactive ketones (excluding diaryl/α,β-unsaturated/α-hetero) is 1. The summed E-state index contributed by atoms with van der Waals surface area (Å²) in [6, 6.07) is 9.73. The third-order valence-corrected chi connectivity index (χ3v) is 5.43. The summed E-state index contributed by atoms with van der Waals surface area (Å²) >= 11 is 0. The quantitative estimate of drug-likeness (QED) is 0.479. The van der Waals surface area contributed by atoms with E-state index in [1.807, 2.05) is 44.2 Å². The molecule has 0 atom stereocenters. The molecule has 0 bridgehead atoms. The van der Waals surface area contributed by atoms with E-state index in [9.17, 15) is 14.4 Å². The summed E-state index contributed by atoms with van der Waals surface area (Å²) in [6.45, 7) is 4.21. The van der Waals surface area contributed by atoms with Crippen LogP contribution in [0.15, 0.2) is 35.4 Å². The zero-order valence-corrected chi connectivity index (χ0v) is 18.3. The van der Waals surface area contributed by atoms with Gasteiger partial charge in [0.15, 0.2) is 6.61 Å². The number of esters is 1. The molecule has 3 rings (SSSR count). The summed E-state index contributed by atoms with van der Waals surface area (Å²) in [7, 11) is 3.13. The molecule has 8 nitrogen and oxygen atoms in total. The number of carbonyl (C=O) groups excluding carboxylic acids is 3. The first-order valence-electron chi connectivity index (χ1n) is 10.1. The molecule has 0 saturated carbocycles. The first-order chi connectivity index (χ1) is 14.8. The lowest BCUT2D eigenvalue weighted by Crippen LogP contribution is -2.33. The number of aryl methyl sites for hydroxylation is 2. The molecular formula is C23H27N3O5. The molecule has 0 aliphatic carbocycles. The van der Waals surface area contributed by atoms with Gasteiger partial charge in [-0.2, -0.15) is 5.10 Å². The monoisotopic (exact) mass is 425 g/mol. The molecule has 1 aromatic heterocycles. The predicted molar refractivity (Wildman–Crippen MR) is 115 cm³/mol. The highest BCUT2D eigenvalue weighted by atomic mass is 16.5. The number of hydrogen-bond donors (Lipinski definition) is 0. The third kappa shape index (κ3) is 5.20. The molecule has 1 aromatic carbocycles. The molecule has 0 saturated heterocycles. The summed E-state index contributed by atoms with van der Waals surface area (Å²) < 4.78 is 12.4. The average Bonchev–Trinajstić information content (AvgIpc) is 3.06. The zero-order valence-electron chi connectivity index (χ0n) is 18.3. The smallest absolute Gasteiger partial charge is 0.354 e. The van der Waals surface area contributed by atoms with Crippen LogP contribution in [0.5, 0.6) is 5.75 Å². The van der Waals surface area contributed by atoms with Crippen LogP contribution in [0.3, 0.4) is 0 Å². The highest BCUT2D eigenvalue weighted by Crippen LogP contribution is 2.18. The Bertz CT molecular complexity index is 1020. The number of hydrazone groups is 1. The molecule has 164 valence electrons. The van der Waals surface area contributed by atoms with Gasteiger partial charge in [-0.05, 0) is 44.0 Å². The molecule has 0 radical (unpaired) electrons. The molecule has 1 aliphatic rings. The minimum atomic E-state index is -0.666. The molecule has 2 heterocycles. The lowest BCUT2D eigenvalue weighted by molar-refractivity contribution is -0.135. The van der Waals surface area contributed by atoms with E-state index < -0.39 is 5.97 Å². The largest absolute Gasteiger partial charge is 0.497 e. The van der Waals surface area contributed by atoms with Gasteiger partial charge in [0.05, 0.1) is 7.11 Å². The summed E-state index contributed by atoms with van der Waals surface area (Å²) in [5, 5.41) is 5.04. The van der Waals surface area contributed by atoms with Crippen LogP contribution >= 0.6 is 0 Å². The SMILES string of the molecule is COc1ccc(CCn2c(C)cc(C(=O)COC(=O)C3=NN(C)C(=O)CC3)c2C)cc1. The Labute approximate surface area is 181 Å². The lowest BCUT2D eigenvalue weighted by atomic mass is 10.1. The topological polar surface area (TPSA) is 90.2 Å². The first-order valence-corrected chi connectivity index (χ1v) is 10.1. The number of hydrogen-bond acceptors (Lipinski definition) is 6. The number of amides is 1. The fourth-order valence-electron chi connectivity index (χ4n) is 3.57. The number of rotatable bonds is 8. The number of ketones is 1. The van der Waals surface area contributed by atoms with Gasteiger partial charge in [0.25, 0.3) is 0 Å². The Kier molecular flexibility index (Phi) is 6.89. The van der Waals surface area contributed by atoms with Crippen molar-refractivity contribution in [2.24, 2.45) is 5.10 Å². The predicted octanol–water partition coefficient (Wildman–Crippen LogP) is 2.69. The zero-order chi connectivity index (χ0) is 22.5. The highest BCUT2D eigenvalue weighted by molar-refractivity contribution is 6.37. The molecule has 0 N–H and O–H groups in total. The molecule has 31 heavy (non-hydrogen) atoms. The minimum absolute atomic E-state index is 0.153. The molecule has 8 heteroatoms. The number of methoxy groups -OCH3 is 1. The average molecular weight is 425 g/mol. The van der Waals surface area contributed by atoms with Crippen LogP contribution in [0.4, 0.5) is 0 Å². The van der Waals surface area contributed by atoms with Crippen LogP contribution < -0.4 is 4.74 Å². The van der Waals surface area contributed by atoms with Gasteiger partial charge in [-0.3, -0.25) is 9.59 Å². The van der Waals surface area contributed by atoms with E-state index in [-0.39, 0.29) is 36.9 Å². The van der Waals surface area contributed by atoms with E-state index in [0.29, 0.717) is 5.56 Å². The maximum Gasteiger partial charge on any atom is 0.354 e. The van der Waals surface area contributed by atoms with Crippen molar-refractivity contribution in [3.8, 4) is 5.75 Å². The molecule has 1 aliphatic heterocycles. The van der Waals surface area contributed by atoms with Crippen LogP contribution in [-0.2, 0) is 27.3 Å². The Balaban J connectivity index is 1.61. The van der Waals surface area contributed by atoms with Crippen molar-refractivity contribution in [1.29, 1.82) is 0 Å². The molecule has 0 unspecified atom stereocenters. The maximum atomic E-state index is 12.7. The summed E-state index contributed by atoms with van der Waals surface area (Å²) in [5.74, 6) is -0.273. The van der Waals surface area contributed by atoms with Gasteiger partial charge in [-0.1, -0.05) is 12.1 Å². The Morgan fingerprint density at radius 3 is 2.48 bits per heavy atom. The van der Waals surface area contributed by atoms with Gasteiger partial charge in [0, 0.05) is 43.4 Å². The number of ether oxygens (including phenoxy) is 2. The van der Waals surface area contributed by atoms with Gasteiger partial charge in [-0.25, -0.2) is 9.80 Å². The minimum Gasteiger partial charge on any atom is -0.497 e. The molecule has 1 amide bonds. The normalized spacial score (nSPS) is 13.7. The van der Waals surface area contributed by atoms with E-state index in [0.717, 1.165) is 35.1 Å². The van der Waals surface area contributed by atoms with Crippen molar-refractivity contribution in [3.05, 3.63) is 52.8 Å². The molecular weight excluding hydrogens is 398 g/mol. The van der Waals surface area contributed by atoms with Crippen molar-refractivity contribution < 1.29 is 23.9 Å². The second-order valence-electron chi connectivity index (χ2n) is 7.50. The van der Waals surface area contributed by atoms with E-state index in [2.05, 4.69) is 9.67 Å². The van der Waals surface area contributed by atoms with Gasteiger partial charge >= 0.3 is 5.97 Å². The van der Waals surface area contributed by atoms with Gasteiger partial charge in [0.1, 0.15) is 11.5 Å². The second kappa shape index (κ2) is 9.59. The molecule has 2 aromatic rings. The van der Waals surface area contributed by atoms with Crippen LogP contribution in [0.1, 0.15) is 40.2 Å².